The van der Waals surface area contributed by atoms with E-state index in [9.17, 15) is 9.59 Å². The molecule has 0 unspecified atom stereocenters. The summed E-state index contributed by atoms with van der Waals surface area (Å²) in [5.74, 6) is 0.378. The van der Waals surface area contributed by atoms with Crippen molar-refractivity contribution in [3.05, 3.63) is 84.1 Å². The fraction of sp³-hybridized carbons (Fsp3) is 0.136. The van der Waals surface area contributed by atoms with E-state index >= 15 is 0 Å². The minimum absolute atomic E-state index is 0.111. The van der Waals surface area contributed by atoms with Crippen molar-refractivity contribution in [2.45, 2.75) is 13.3 Å². The van der Waals surface area contributed by atoms with E-state index in [1.54, 1.807) is 30.5 Å². The monoisotopic (exact) mass is 374 g/mol. The molecule has 28 heavy (non-hydrogen) atoms. The van der Waals surface area contributed by atoms with Gasteiger partial charge in [-0.05, 0) is 48.4 Å². The van der Waals surface area contributed by atoms with Crippen LogP contribution in [0.2, 0.25) is 0 Å². The number of hydrogen-bond acceptors (Lipinski definition) is 4. The van der Waals surface area contributed by atoms with E-state index in [0.717, 1.165) is 17.8 Å². The number of pyridine rings is 1. The van der Waals surface area contributed by atoms with Crippen LogP contribution in [0, 0.1) is 0 Å². The van der Waals surface area contributed by atoms with Crippen molar-refractivity contribution in [3.8, 4) is 0 Å². The second kappa shape index (κ2) is 9.32. The van der Waals surface area contributed by atoms with E-state index in [-0.39, 0.29) is 11.8 Å². The van der Waals surface area contributed by atoms with Gasteiger partial charge >= 0.3 is 0 Å². The van der Waals surface area contributed by atoms with Crippen LogP contribution in [0.1, 0.15) is 22.8 Å². The van der Waals surface area contributed by atoms with Gasteiger partial charge in [0.2, 0.25) is 5.91 Å². The molecule has 2 amide bonds. The van der Waals surface area contributed by atoms with E-state index in [1.165, 1.54) is 12.5 Å². The fourth-order valence-corrected chi connectivity index (χ4v) is 2.66. The Morgan fingerprint density at radius 1 is 0.893 bits per heavy atom. The Hall–Kier alpha value is -3.67. The van der Waals surface area contributed by atoms with Gasteiger partial charge in [0, 0.05) is 31.0 Å². The highest BCUT2D eigenvalue weighted by Crippen LogP contribution is 2.17. The van der Waals surface area contributed by atoms with Crippen LogP contribution in [-0.2, 0) is 11.2 Å². The molecule has 0 aliphatic carbocycles. The van der Waals surface area contributed by atoms with Gasteiger partial charge in [0.25, 0.3) is 5.91 Å². The number of benzene rings is 2. The first kappa shape index (κ1) is 19.1. The van der Waals surface area contributed by atoms with Gasteiger partial charge < -0.3 is 16.0 Å². The number of hydrogen-bond donors (Lipinski definition) is 3. The molecule has 0 atom stereocenters. The summed E-state index contributed by atoms with van der Waals surface area (Å²) in [6, 6.07) is 20.8. The number of nitrogens with zero attached hydrogens (tertiary/aromatic N) is 1. The minimum atomic E-state index is -0.144. The Labute approximate surface area is 164 Å². The molecule has 6 nitrogen and oxygen atoms in total. The summed E-state index contributed by atoms with van der Waals surface area (Å²) in [6.07, 6.45) is 2.33. The smallest absolute Gasteiger partial charge is 0.252 e. The molecule has 142 valence electrons. The van der Waals surface area contributed by atoms with Crippen LogP contribution >= 0.6 is 0 Å². The van der Waals surface area contributed by atoms with Gasteiger partial charge in [-0.3, -0.25) is 9.59 Å². The maximum Gasteiger partial charge on any atom is 0.252 e. The van der Waals surface area contributed by atoms with Crippen molar-refractivity contribution in [2.75, 3.05) is 17.2 Å². The van der Waals surface area contributed by atoms with Crippen molar-refractivity contribution in [1.82, 2.24) is 10.3 Å². The molecule has 0 bridgehead atoms. The predicted molar refractivity (Wildman–Crippen MR) is 111 cm³/mol. The lowest BCUT2D eigenvalue weighted by atomic mass is 10.1. The summed E-state index contributed by atoms with van der Waals surface area (Å²) in [4.78, 5) is 27.6. The molecule has 3 N–H and O–H groups in total. The average Bonchev–Trinajstić information content (AvgIpc) is 2.70. The first-order chi connectivity index (χ1) is 13.6. The number of carbonyl (C=O) groups excluding carboxylic acids is 2. The van der Waals surface area contributed by atoms with Gasteiger partial charge in [0.15, 0.2) is 0 Å². The maximum absolute atomic E-state index is 12.2. The van der Waals surface area contributed by atoms with E-state index in [2.05, 4.69) is 20.9 Å². The molecule has 0 fully saturated rings. The molecule has 0 spiro atoms. The van der Waals surface area contributed by atoms with Gasteiger partial charge in [-0.1, -0.05) is 30.3 Å². The lowest BCUT2D eigenvalue weighted by Gasteiger charge is -2.09. The number of rotatable bonds is 7. The number of nitrogens with one attached hydrogen (secondary N) is 3. The van der Waals surface area contributed by atoms with Crippen molar-refractivity contribution in [1.29, 1.82) is 0 Å². The molecule has 0 aliphatic heterocycles. The van der Waals surface area contributed by atoms with Crippen LogP contribution in [-0.4, -0.2) is 23.3 Å². The van der Waals surface area contributed by atoms with Crippen LogP contribution in [0.3, 0.4) is 0 Å². The Morgan fingerprint density at radius 2 is 1.61 bits per heavy atom. The van der Waals surface area contributed by atoms with E-state index in [4.69, 9.17) is 0 Å². The van der Waals surface area contributed by atoms with E-state index in [1.807, 2.05) is 42.5 Å². The van der Waals surface area contributed by atoms with Gasteiger partial charge in [-0.2, -0.15) is 0 Å². The third kappa shape index (κ3) is 5.67. The second-order valence-electron chi connectivity index (χ2n) is 6.31. The zero-order valence-electron chi connectivity index (χ0n) is 15.6. The Balaban J connectivity index is 1.51. The van der Waals surface area contributed by atoms with Crippen LogP contribution in [0.5, 0.6) is 0 Å². The summed E-state index contributed by atoms with van der Waals surface area (Å²) >= 11 is 0. The zero-order valence-corrected chi connectivity index (χ0v) is 15.6. The normalized spacial score (nSPS) is 10.2. The quantitative estimate of drug-likeness (QED) is 0.588. The van der Waals surface area contributed by atoms with Crippen molar-refractivity contribution >= 4 is 29.0 Å². The Morgan fingerprint density at radius 3 is 2.25 bits per heavy atom. The van der Waals surface area contributed by atoms with Crippen LogP contribution in [0.4, 0.5) is 17.2 Å². The molecule has 0 aliphatic rings. The maximum atomic E-state index is 12.2. The molecule has 3 aromatic rings. The van der Waals surface area contributed by atoms with Gasteiger partial charge in [-0.25, -0.2) is 4.98 Å². The molecule has 2 aromatic carbocycles. The summed E-state index contributed by atoms with van der Waals surface area (Å²) in [7, 11) is 0. The van der Waals surface area contributed by atoms with Crippen molar-refractivity contribution in [2.24, 2.45) is 0 Å². The topological polar surface area (TPSA) is 83.1 Å². The highest BCUT2D eigenvalue weighted by atomic mass is 16.2. The standard InChI is InChI=1S/C22H22N4O2/c1-16(27)25-19-8-10-20(11-9-19)26-21-12-7-18(15-24-21)22(28)23-14-13-17-5-3-2-4-6-17/h2-12,15H,13-14H2,1H3,(H,23,28)(H,24,26)(H,25,27). The first-order valence-corrected chi connectivity index (χ1v) is 9.03. The van der Waals surface area contributed by atoms with Crippen LogP contribution in [0.15, 0.2) is 72.9 Å². The summed E-state index contributed by atoms with van der Waals surface area (Å²) in [6.45, 7) is 2.04. The third-order valence-electron chi connectivity index (χ3n) is 4.05. The Kier molecular flexibility index (Phi) is 6.36. The fourth-order valence-electron chi connectivity index (χ4n) is 2.66. The zero-order chi connectivity index (χ0) is 19.8. The molecule has 1 heterocycles. The van der Waals surface area contributed by atoms with E-state index in [0.29, 0.717) is 17.9 Å². The Bertz CT molecular complexity index is 923. The number of amides is 2. The average molecular weight is 374 g/mol. The second-order valence-corrected chi connectivity index (χ2v) is 6.31. The highest BCUT2D eigenvalue weighted by Gasteiger charge is 2.06. The lowest BCUT2D eigenvalue weighted by molar-refractivity contribution is -0.114. The summed E-state index contributed by atoms with van der Waals surface area (Å²) < 4.78 is 0. The van der Waals surface area contributed by atoms with Gasteiger partial charge in [-0.15, -0.1) is 0 Å². The SMILES string of the molecule is CC(=O)Nc1ccc(Nc2ccc(C(=O)NCCc3ccccc3)cn2)cc1. The first-order valence-electron chi connectivity index (χ1n) is 9.03. The highest BCUT2D eigenvalue weighted by molar-refractivity contribution is 5.94. The largest absolute Gasteiger partial charge is 0.352 e. The number of aromatic nitrogens is 1. The molecule has 1 aromatic heterocycles. The minimum Gasteiger partial charge on any atom is -0.352 e. The number of carbonyl (C=O) groups is 2. The van der Waals surface area contributed by atoms with Gasteiger partial charge in [0.05, 0.1) is 5.56 Å². The number of anilines is 3. The molecule has 0 saturated carbocycles. The van der Waals surface area contributed by atoms with Gasteiger partial charge in [0.1, 0.15) is 5.82 Å². The third-order valence-corrected chi connectivity index (χ3v) is 4.05. The molecule has 3 rings (SSSR count). The molecular formula is C22H22N4O2. The summed E-state index contributed by atoms with van der Waals surface area (Å²) in [5.41, 5.74) is 3.26. The van der Waals surface area contributed by atoms with Crippen LogP contribution < -0.4 is 16.0 Å². The van der Waals surface area contributed by atoms with Crippen molar-refractivity contribution in [3.63, 3.8) is 0 Å². The molecule has 0 saturated heterocycles. The molecule has 6 heteroatoms. The summed E-state index contributed by atoms with van der Waals surface area (Å²) in [5, 5.41) is 8.78. The predicted octanol–water partition coefficient (Wildman–Crippen LogP) is 3.76. The lowest BCUT2D eigenvalue weighted by Crippen LogP contribution is -2.25. The van der Waals surface area contributed by atoms with Crippen LogP contribution in [0.25, 0.3) is 0 Å². The molecular weight excluding hydrogens is 352 g/mol. The van der Waals surface area contributed by atoms with E-state index < -0.39 is 0 Å². The van der Waals surface area contributed by atoms with Crippen molar-refractivity contribution < 1.29 is 9.59 Å². The molecule has 0 radical (unpaired) electrons.